The lowest BCUT2D eigenvalue weighted by Gasteiger charge is -2.33. The standard InChI is InChI=1S/C7H20N3O/c1-10(4-2-8,5-3-9)6-7-11/h11H,2-9H2,1H3/q+1. The highest BCUT2D eigenvalue weighted by molar-refractivity contribution is 4.41. The molecule has 0 amide bonds. The van der Waals surface area contributed by atoms with Crippen molar-refractivity contribution in [2.75, 3.05) is 46.4 Å². The van der Waals surface area contributed by atoms with Gasteiger partial charge in [-0.1, -0.05) is 0 Å². The normalized spacial score (nSPS) is 12.0. The molecule has 0 unspecified atom stereocenters. The van der Waals surface area contributed by atoms with Crippen LogP contribution in [-0.2, 0) is 0 Å². The Morgan fingerprint density at radius 2 is 1.55 bits per heavy atom. The van der Waals surface area contributed by atoms with Crippen molar-refractivity contribution in [1.29, 1.82) is 0 Å². The molecule has 0 saturated heterocycles. The van der Waals surface area contributed by atoms with Gasteiger partial charge in [0.1, 0.15) is 6.54 Å². The second kappa shape index (κ2) is 5.49. The molecule has 0 aliphatic heterocycles. The minimum atomic E-state index is 0.205. The Bertz CT molecular complexity index is 80.7. The first-order valence-corrected chi connectivity index (χ1v) is 4.03. The van der Waals surface area contributed by atoms with E-state index < -0.39 is 0 Å². The van der Waals surface area contributed by atoms with E-state index in [4.69, 9.17) is 16.6 Å². The molecule has 4 heteroatoms. The van der Waals surface area contributed by atoms with E-state index in [1.807, 2.05) is 0 Å². The van der Waals surface area contributed by atoms with Crippen molar-refractivity contribution in [2.24, 2.45) is 11.5 Å². The summed E-state index contributed by atoms with van der Waals surface area (Å²) < 4.78 is 0.781. The molecule has 0 aromatic rings. The number of nitrogens with two attached hydrogens (primary N) is 2. The van der Waals surface area contributed by atoms with Crippen LogP contribution in [0.5, 0.6) is 0 Å². The summed E-state index contributed by atoms with van der Waals surface area (Å²) in [6, 6.07) is 0. The molecule has 0 bridgehead atoms. The second-order valence-electron chi connectivity index (χ2n) is 3.09. The molecular formula is C7H20N3O+. The molecule has 11 heavy (non-hydrogen) atoms. The van der Waals surface area contributed by atoms with Gasteiger partial charge in [-0.2, -0.15) is 0 Å². The number of rotatable bonds is 6. The van der Waals surface area contributed by atoms with E-state index >= 15 is 0 Å². The first kappa shape index (κ1) is 10.8. The predicted molar refractivity (Wildman–Crippen MR) is 46.0 cm³/mol. The highest BCUT2D eigenvalue weighted by atomic mass is 16.3. The Hall–Kier alpha value is -0.160. The number of hydrogen-bond donors (Lipinski definition) is 3. The van der Waals surface area contributed by atoms with Gasteiger partial charge < -0.3 is 21.1 Å². The summed E-state index contributed by atoms with van der Waals surface area (Å²) in [5.41, 5.74) is 10.9. The minimum absolute atomic E-state index is 0.205. The van der Waals surface area contributed by atoms with Crippen molar-refractivity contribution in [3.8, 4) is 0 Å². The van der Waals surface area contributed by atoms with Crippen LogP contribution in [0.15, 0.2) is 0 Å². The third kappa shape index (κ3) is 4.31. The number of hydrogen-bond acceptors (Lipinski definition) is 3. The van der Waals surface area contributed by atoms with Crippen molar-refractivity contribution >= 4 is 0 Å². The van der Waals surface area contributed by atoms with Gasteiger partial charge in [-0.05, 0) is 0 Å². The molecule has 0 radical (unpaired) electrons. The molecule has 5 N–H and O–H groups in total. The second-order valence-corrected chi connectivity index (χ2v) is 3.09. The fourth-order valence-electron chi connectivity index (χ4n) is 1.20. The monoisotopic (exact) mass is 162 g/mol. The van der Waals surface area contributed by atoms with E-state index in [-0.39, 0.29) is 6.61 Å². The van der Waals surface area contributed by atoms with E-state index in [9.17, 15) is 0 Å². The summed E-state index contributed by atoms with van der Waals surface area (Å²) in [7, 11) is 2.07. The fourth-order valence-corrected chi connectivity index (χ4v) is 1.20. The van der Waals surface area contributed by atoms with Gasteiger partial charge in [-0.3, -0.25) is 0 Å². The van der Waals surface area contributed by atoms with Gasteiger partial charge in [0.15, 0.2) is 0 Å². The summed E-state index contributed by atoms with van der Waals surface area (Å²) in [6.07, 6.45) is 0. The Balaban J connectivity index is 3.79. The summed E-state index contributed by atoms with van der Waals surface area (Å²) in [5, 5.41) is 8.76. The molecule has 0 aliphatic rings. The van der Waals surface area contributed by atoms with Gasteiger partial charge in [-0.25, -0.2) is 0 Å². The van der Waals surface area contributed by atoms with E-state index in [0.29, 0.717) is 13.1 Å². The predicted octanol–water partition coefficient (Wildman–Crippen LogP) is -1.66. The molecular weight excluding hydrogens is 142 g/mol. The van der Waals surface area contributed by atoms with Crippen molar-refractivity contribution in [1.82, 2.24) is 0 Å². The van der Waals surface area contributed by atoms with Crippen molar-refractivity contribution in [3.05, 3.63) is 0 Å². The van der Waals surface area contributed by atoms with Crippen LogP contribution in [0.1, 0.15) is 0 Å². The lowest BCUT2D eigenvalue weighted by atomic mass is 10.3. The quantitative estimate of drug-likeness (QED) is 0.409. The van der Waals surface area contributed by atoms with Crippen molar-refractivity contribution in [3.63, 3.8) is 0 Å². The molecule has 0 aromatic carbocycles. The number of aliphatic hydroxyl groups is 1. The zero-order valence-corrected chi connectivity index (χ0v) is 7.29. The lowest BCUT2D eigenvalue weighted by molar-refractivity contribution is -0.907. The molecule has 0 rings (SSSR count). The molecule has 0 spiro atoms. The average molecular weight is 162 g/mol. The first-order chi connectivity index (χ1) is 5.18. The minimum Gasteiger partial charge on any atom is -0.391 e. The third-order valence-electron chi connectivity index (χ3n) is 1.98. The van der Waals surface area contributed by atoms with Gasteiger partial charge in [-0.15, -0.1) is 0 Å². The highest BCUT2D eigenvalue weighted by Crippen LogP contribution is 1.98. The number of aliphatic hydroxyl groups excluding tert-OH is 1. The Morgan fingerprint density at radius 3 is 1.82 bits per heavy atom. The number of nitrogens with zero attached hydrogens (tertiary/aromatic N) is 1. The Labute approximate surface area is 68.4 Å². The van der Waals surface area contributed by atoms with Crippen LogP contribution >= 0.6 is 0 Å². The zero-order chi connectivity index (χ0) is 8.74. The molecule has 0 aromatic heterocycles. The van der Waals surface area contributed by atoms with Gasteiger partial charge in [0, 0.05) is 13.1 Å². The van der Waals surface area contributed by atoms with Gasteiger partial charge >= 0.3 is 0 Å². The molecule has 0 heterocycles. The van der Waals surface area contributed by atoms with Crippen molar-refractivity contribution < 1.29 is 9.59 Å². The largest absolute Gasteiger partial charge is 0.391 e. The van der Waals surface area contributed by atoms with E-state index in [1.165, 1.54) is 0 Å². The average Bonchev–Trinajstić information content (AvgIpc) is 1.88. The first-order valence-electron chi connectivity index (χ1n) is 4.03. The molecule has 0 fully saturated rings. The maximum Gasteiger partial charge on any atom is 0.102 e. The van der Waals surface area contributed by atoms with Crippen molar-refractivity contribution in [2.45, 2.75) is 0 Å². The number of likely N-dealkylation sites (N-methyl/N-ethyl adjacent to an activating group) is 1. The Kier molecular flexibility index (Phi) is 5.41. The molecule has 0 atom stereocenters. The summed E-state index contributed by atoms with van der Waals surface area (Å²) in [5.74, 6) is 0. The highest BCUT2D eigenvalue weighted by Gasteiger charge is 2.17. The van der Waals surface area contributed by atoms with Crippen LogP contribution in [0.2, 0.25) is 0 Å². The third-order valence-corrected chi connectivity index (χ3v) is 1.98. The Morgan fingerprint density at radius 1 is 1.09 bits per heavy atom. The smallest absolute Gasteiger partial charge is 0.102 e. The SMILES string of the molecule is C[N+](CCN)(CCN)CCO. The molecule has 4 nitrogen and oxygen atoms in total. The molecule has 0 aliphatic carbocycles. The van der Waals surface area contributed by atoms with Gasteiger partial charge in [0.2, 0.25) is 0 Å². The van der Waals surface area contributed by atoms with Gasteiger partial charge in [0.25, 0.3) is 0 Å². The topological polar surface area (TPSA) is 72.3 Å². The van der Waals surface area contributed by atoms with E-state index in [1.54, 1.807) is 0 Å². The maximum absolute atomic E-state index is 8.76. The van der Waals surface area contributed by atoms with Crippen LogP contribution in [-0.4, -0.2) is 56.0 Å². The summed E-state index contributed by atoms with van der Waals surface area (Å²) in [6.45, 7) is 4.02. The van der Waals surface area contributed by atoms with Crippen LogP contribution in [0.4, 0.5) is 0 Å². The van der Waals surface area contributed by atoms with Gasteiger partial charge in [0.05, 0.1) is 26.7 Å². The molecule has 0 saturated carbocycles. The fraction of sp³-hybridized carbons (Fsp3) is 1.00. The van der Waals surface area contributed by atoms with E-state index in [0.717, 1.165) is 24.1 Å². The maximum atomic E-state index is 8.76. The van der Waals surface area contributed by atoms with Crippen LogP contribution < -0.4 is 11.5 Å². The number of quaternary nitrogens is 1. The molecule has 68 valence electrons. The van der Waals surface area contributed by atoms with Crippen LogP contribution in [0.25, 0.3) is 0 Å². The summed E-state index contributed by atoms with van der Waals surface area (Å²) in [4.78, 5) is 0. The van der Waals surface area contributed by atoms with Crippen LogP contribution in [0, 0.1) is 0 Å². The van der Waals surface area contributed by atoms with Crippen LogP contribution in [0.3, 0.4) is 0 Å². The zero-order valence-electron chi connectivity index (χ0n) is 7.29. The van der Waals surface area contributed by atoms with E-state index in [2.05, 4.69) is 7.05 Å². The summed E-state index contributed by atoms with van der Waals surface area (Å²) >= 11 is 0. The lowest BCUT2D eigenvalue weighted by Crippen LogP contribution is -2.51.